The summed E-state index contributed by atoms with van der Waals surface area (Å²) in [6.45, 7) is 6.13. The summed E-state index contributed by atoms with van der Waals surface area (Å²) in [7, 11) is -4.94. The van der Waals surface area contributed by atoms with Crippen molar-refractivity contribution in [2.75, 3.05) is 11.4 Å². The molecule has 0 saturated carbocycles. The number of aromatic nitrogens is 1. The van der Waals surface area contributed by atoms with E-state index in [0.29, 0.717) is 5.92 Å². The van der Waals surface area contributed by atoms with Gasteiger partial charge in [-0.05, 0) is 80.4 Å². The standard InChI is InChI=1S/C30H31N2O2.ClHO4/c1-3-31-25-9-5-7-11-27(25)33-29(31)19-21-13-15-23-16-14-22(18-24(23)17-21)20-30-32(4-2)26-10-6-8-12-28(26)34-30;2-1(3,4)5/h5-12,17-20,23H,3-4,13-16H2,1-2H3;(H,2,3,4,5)/q+1;/p-1. The topological polar surface area (TPSA) is 122 Å². The highest BCUT2D eigenvalue weighted by Gasteiger charge is 2.28. The molecular weight excluding hydrogens is 520 g/mol. The highest BCUT2D eigenvalue weighted by molar-refractivity contribution is 5.70. The molecule has 8 nitrogen and oxygen atoms in total. The van der Waals surface area contributed by atoms with Gasteiger partial charge in [-0.1, -0.05) is 36.4 Å². The van der Waals surface area contributed by atoms with Gasteiger partial charge in [0.05, 0.1) is 11.8 Å². The summed E-state index contributed by atoms with van der Waals surface area (Å²) in [6, 6.07) is 16.6. The molecular formula is C30H31ClN2O6. The Morgan fingerprint density at radius 3 is 2.44 bits per heavy atom. The third kappa shape index (κ3) is 6.27. The fraction of sp³-hybridized carbons (Fsp3) is 0.300. The Balaban J connectivity index is 0.000000567. The number of rotatable bonds is 4. The number of halogens is 1. The van der Waals surface area contributed by atoms with Crippen LogP contribution < -0.4 is 32.8 Å². The Kier molecular flexibility index (Phi) is 7.93. The van der Waals surface area contributed by atoms with Crippen molar-refractivity contribution in [1.82, 2.24) is 0 Å². The highest BCUT2D eigenvalue weighted by atomic mass is 35.7. The molecule has 0 N–H and O–H groups in total. The van der Waals surface area contributed by atoms with Gasteiger partial charge in [0.15, 0.2) is 5.75 Å². The second-order valence-electron chi connectivity index (χ2n) is 9.68. The number of para-hydroxylation sites is 4. The van der Waals surface area contributed by atoms with Crippen molar-refractivity contribution >= 4 is 22.9 Å². The SMILES string of the molecule is CCN1/C(=C/C2=CC3=C/C(=C/c4oc5ccccc5[n+]4CC)CCC3CC2)Oc2ccccc21.[O-][Cl+3]([O-])([O-])[O-]. The quantitative estimate of drug-likeness (QED) is 0.456. The molecule has 6 rings (SSSR count). The number of aryl methyl sites for hydroxylation is 1. The average Bonchev–Trinajstić information content (AvgIpc) is 3.44. The molecule has 1 atom stereocenters. The van der Waals surface area contributed by atoms with E-state index in [0.717, 1.165) is 60.2 Å². The van der Waals surface area contributed by atoms with Crippen LogP contribution in [0.5, 0.6) is 5.75 Å². The molecule has 204 valence electrons. The maximum atomic E-state index is 8.49. The number of nitrogens with zero attached hydrogens (tertiary/aromatic N) is 2. The van der Waals surface area contributed by atoms with E-state index in [9.17, 15) is 0 Å². The third-order valence-electron chi connectivity index (χ3n) is 7.26. The fourth-order valence-corrected chi connectivity index (χ4v) is 5.53. The van der Waals surface area contributed by atoms with Gasteiger partial charge in [0.1, 0.15) is 6.54 Å². The Bertz CT molecular complexity index is 1470. The van der Waals surface area contributed by atoms with Gasteiger partial charge >= 0.3 is 5.89 Å². The summed E-state index contributed by atoms with van der Waals surface area (Å²) in [5.74, 6) is 3.47. The second kappa shape index (κ2) is 11.4. The van der Waals surface area contributed by atoms with Crippen LogP contribution >= 0.6 is 0 Å². The fourth-order valence-electron chi connectivity index (χ4n) is 5.53. The Labute approximate surface area is 229 Å². The van der Waals surface area contributed by atoms with Crippen molar-refractivity contribution in [3.05, 3.63) is 95.3 Å². The van der Waals surface area contributed by atoms with E-state index in [1.54, 1.807) is 0 Å². The molecule has 2 aromatic carbocycles. The van der Waals surface area contributed by atoms with Crippen molar-refractivity contribution in [3.8, 4) is 5.75 Å². The smallest absolute Gasteiger partial charge is 0.374 e. The molecule has 2 heterocycles. The van der Waals surface area contributed by atoms with Crippen molar-refractivity contribution in [2.45, 2.75) is 46.1 Å². The van der Waals surface area contributed by atoms with Gasteiger partial charge in [-0.2, -0.15) is 4.57 Å². The summed E-state index contributed by atoms with van der Waals surface area (Å²) in [6.07, 6.45) is 13.9. The first-order chi connectivity index (χ1) is 18.7. The molecule has 3 aromatic rings. The van der Waals surface area contributed by atoms with Crippen LogP contribution in [0.25, 0.3) is 17.2 Å². The van der Waals surface area contributed by atoms with E-state index >= 15 is 0 Å². The van der Waals surface area contributed by atoms with Crippen molar-refractivity contribution < 1.29 is 42.6 Å². The number of benzene rings is 2. The molecule has 1 aliphatic heterocycles. The second-order valence-corrected chi connectivity index (χ2v) is 10.4. The van der Waals surface area contributed by atoms with E-state index in [1.807, 2.05) is 24.3 Å². The average molecular weight is 551 g/mol. The number of ether oxygens (including phenoxy) is 1. The molecule has 1 unspecified atom stereocenters. The zero-order valence-electron chi connectivity index (χ0n) is 22.0. The van der Waals surface area contributed by atoms with Crippen LogP contribution in [0.4, 0.5) is 5.69 Å². The minimum absolute atomic E-state index is 0.650. The lowest BCUT2D eigenvalue weighted by Crippen LogP contribution is -2.68. The minimum Gasteiger partial charge on any atom is -0.439 e. The minimum atomic E-state index is -4.94. The first kappa shape index (κ1) is 27.2. The zero-order valence-corrected chi connectivity index (χ0v) is 22.7. The Morgan fingerprint density at radius 1 is 0.949 bits per heavy atom. The zero-order chi connectivity index (χ0) is 27.6. The van der Waals surface area contributed by atoms with E-state index < -0.39 is 10.2 Å². The van der Waals surface area contributed by atoms with Gasteiger partial charge in [0.25, 0.3) is 5.52 Å². The lowest BCUT2D eigenvalue weighted by atomic mass is 9.77. The number of allylic oxidation sites excluding steroid dienone is 6. The van der Waals surface area contributed by atoms with E-state index in [4.69, 9.17) is 27.8 Å². The van der Waals surface area contributed by atoms with Crippen LogP contribution in [-0.2, 0) is 6.54 Å². The summed E-state index contributed by atoms with van der Waals surface area (Å²) in [5.41, 5.74) is 7.38. The molecule has 0 bridgehead atoms. The number of hydrogen-bond acceptors (Lipinski definition) is 7. The van der Waals surface area contributed by atoms with E-state index in [-0.39, 0.29) is 0 Å². The van der Waals surface area contributed by atoms with Crippen molar-refractivity contribution in [3.63, 3.8) is 0 Å². The molecule has 9 heteroatoms. The van der Waals surface area contributed by atoms with Gasteiger partial charge in [0, 0.05) is 18.7 Å². The number of anilines is 1. The monoisotopic (exact) mass is 550 g/mol. The molecule has 0 fully saturated rings. The van der Waals surface area contributed by atoms with Gasteiger partial charge in [-0.3, -0.25) is 0 Å². The molecule has 0 amide bonds. The summed E-state index contributed by atoms with van der Waals surface area (Å²) >= 11 is 0. The van der Waals surface area contributed by atoms with Crippen LogP contribution in [-0.4, -0.2) is 6.54 Å². The molecule has 1 aromatic heterocycles. The van der Waals surface area contributed by atoms with Gasteiger partial charge in [-0.15, -0.1) is 10.2 Å². The lowest BCUT2D eigenvalue weighted by Gasteiger charge is -2.28. The largest absolute Gasteiger partial charge is 0.439 e. The molecule has 39 heavy (non-hydrogen) atoms. The maximum absolute atomic E-state index is 8.49. The first-order valence-corrected chi connectivity index (χ1v) is 14.4. The first-order valence-electron chi connectivity index (χ1n) is 13.2. The van der Waals surface area contributed by atoms with Gasteiger partial charge in [-0.25, -0.2) is 18.6 Å². The summed E-state index contributed by atoms with van der Waals surface area (Å²) in [5, 5.41) is 0. The molecule has 0 spiro atoms. The third-order valence-corrected chi connectivity index (χ3v) is 7.26. The lowest BCUT2D eigenvalue weighted by molar-refractivity contribution is -2.00. The summed E-state index contributed by atoms with van der Waals surface area (Å²) in [4.78, 5) is 2.26. The predicted octanol–water partition coefficient (Wildman–Crippen LogP) is 2.18. The number of fused-ring (bicyclic) bond motifs is 3. The normalized spacial score (nSPS) is 20.7. The molecule has 0 saturated heterocycles. The molecule has 2 aliphatic carbocycles. The predicted molar refractivity (Wildman–Crippen MR) is 136 cm³/mol. The van der Waals surface area contributed by atoms with Crippen LogP contribution in [0.3, 0.4) is 0 Å². The van der Waals surface area contributed by atoms with Crippen LogP contribution in [0.2, 0.25) is 0 Å². The van der Waals surface area contributed by atoms with Gasteiger partial charge in [0.2, 0.25) is 11.5 Å². The van der Waals surface area contributed by atoms with Crippen molar-refractivity contribution in [1.29, 1.82) is 0 Å². The highest BCUT2D eigenvalue weighted by Crippen LogP contribution is 2.41. The van der Waals surface area contributed by atoms with Gasteiger partial charge < -0.3 is 14.1 Å². The van der Waals surface area contributed by atoms with Crippen molar-refractivity contribution in [2.24, 2.45) is 5.92 Å². The van der Waals surface area contributed by atoms with E-state index in [1.165, 1.54) is 29.6 Å². The summed E-state index contributed by atoms with van der Waals surface area (Å²) < 4.78 is 48.6. The van der Waals surface area contributed by atoms with Crippen LogP contribution in [0.1, 0.15) is 45.4 Å². The maximum Gasteiger partial charge on any atom is 0.374 e. The van der Waals surface area contributed by atoms with Crippen LogP contribution in [0, 0.1) is 16.2 Å². The Hall–Kier alpha value is -3.40. The molecule has 0 radical (unpaired) electrons. The molecule has 3 aliphatic rings. The van der Waals surface area contributed by atoms with E-state index in [2.05, 4.69) is 71.9 Å². The van der Waals surface area contributed by atoms with Crippen LogP contribution in [0.15, 0.2) is 93.8 Å². The number of hydrogen-bond donors (Lipinski definition) is 0. The Morgan fingerprint density at radius 2 is 1.67 bits per heavy atom. The number of oxazole rings is 1.